The number of rotatable bonds is 3. The smallest absolute Gasteiger partial charge is 0.138 e. The Kier molecular flexibility index (Phi) is 3.78. The molecule has 0 spiro atoms. The van der Waals surface area contributed by atoms with Crippen molar-refractivity contribution in [3.8, 4) is 5.75 Å². The fourth-order valence-corrected chi connectivity index (χ4v) is 1.31. The van der Waals surface area contributed by atoms with E-state index >= 15 is 0 Å². The summed E-state index contributed by atoms with van der Waals surface area (Å²) in [5, 5.41) is 0.628. The van der Waals surface area contributed by atoms with Crippen LogP contribution in [0.15, 0.2) is 18.2 Å². The molecule has 0 amide bonds. The second-order valence-corrected chi connectivity index (χ2v) is 4.05. The average molecular weight is 214 g/mol. The van der Waals surface area contributed by atoms with E-state index in [0.29, 0.717) is 10.8 Å². The van der Waals surface area contributed by atoms with Gasteiger partial charge in [0.1, 0.15) is 5.75 Å². The molecule has 0 saturated carbocycles. The summed E-state index contributed by atoms with van der Waals surface area (Å²) in [7, 11) is 0. The van der Waals surface area contributed by atoms with Crippen LogP contribution in [-0.2, 0) is 0 Å². The van der Waals surface area contributed by atoms with Crippen molar-refractivity contribution < 1.29 is 4.74 Å². The molecule has 2 nitrogen and oxygen atoms in total. The molecule has 0 bridgehead atoms. The molecule has 1 aromatic rings. The first-order chi connectivity index (χ1) is 6.50. The summed E-state index contributed by atoms with van der Waals surface area (Å²) >= 11 is 5.98. The Bertz CT molecular complexity index is 310. The summed E-state index contributed by atoms with van der Waals surface area (Å²) in [6.07, 6.45) is 0.121. The first-order valence-corrected chi connectivity index (χ1v) is 5.10. The van der Waals surface area contributed by atoms with Gasteiger partial charge in [0, 0.05) is 6.04 Å². The standard InChI is InChI=1S/C11H16ClNO/c1-7(2)14-11-6-9(8(3)13)4-5-10(11)12/h4-8H,13H2,1-3H3. The Balaban J connectivity index is 2.96. The molecular weight excluding hydrogens is 198 g/mol. The summed E-state index contributed by atoms with van der Waals surface area (Å²) in [4.78, 5) is 0. The molecule has 1 atom stereocenters. The van der Waals surface area contributed by atoms with E-state index in [1.54, 1.807) is 0 Å². The lowest BCUT2D eigenvalue weighted by molar-refractivity contribution is 0.242. The van der Waals surface area contributed by atoms with Crippen LogP contribution < -0.4 is 10.5 Å². The molecule has 1 rings (SSSR count). The van der Waals surface area contributed by atoms with Crippen LogP contribution in [-0.4, -0.2) is 6.10 Å². The highest BCUT2D eigenvalue weighted by molar-refractivity contribution is 6.32. The fourth-order valence-electron chi connectivity index (χ4n) is 1.15. The predicted molar refractivity (Wildman–Crippen MR) is 59.8 cm³/mol. The summed E-state index contributed by atoms with van der Waals surface area (Å²) in [5.41, 5.74) is 6.80. The van der Waals surface area contributed by atoms with Gasteiger partial charge in [-0.2, -0.15) is 0 Å². The minimum Gasteiger partial charge on any atom is -0.489 e. The van der Waals surface area contributed by atoms with E-state index in [-0.39, 0.29) is 12.1 Å². The lowest BCUT2D eigenvalue weighted by Gasteiger charge is -2.13. The first kappa shape index (κ1) is 11.3. The van der Waals surface area contributed by atoms with Crippen molar-refractivity contribution >= 4 is 11.6 Å². The maximum atomic E-state index is 5.98. The molecule has 0 aliphatic rings. The number of benzene rings is 1. The Hall–Kier alpha value is -0.730. The van der Waals surface area contributed by atoms with Gasteiger partial charge in [-0.1, -0.05) is 17.7 Å². The van der Waals surface area contributed by atoms with Gasteiger partial charge in [0.15, 0.2) is 0 Å². The molecule has 0 aliphatic heterocycles. The van der Waals surface area contributed by atoms with Crippen LogP contribution in [0.2, 0.25) is 5.02 Å². The van der Waals surface area contributed by atoms with Gasteiger partial charge in [-0.15, -0.1) is 0 Å². The number of hydrogen-bond donors (Lipinski definition) is 1. The maximum absolute atomic E-state index is 5.98. The van der Waals surface area contributed by atoms with Crippen LogP contribution in [0.5, 0.6) is 5.75 Å². The van der Waals surface area contributed by atoms with E-state index in [0.717, 1.165) is 5.56 Å². The Labute approximate surface area is 90.0 Å². The minimum absolute atomic E-state index is 0.00165. The van der Waals surface area contributed by atoms with Gasteiger partial charge in [0.2, 0.25) is 0 Å². The van der Waals surface area contributed by atoms with Crippen LogP contribution in [0.4, 0.5) is 0 Å². The molecule has 78 valence electrons. The van der Waals surface area contributed by atoms with Crippen LogP contribution in [0.1, 0.15) is 32.4 Å². The predicted octanol–water partition coefficient (Wildman–Crippen LogP) is 3.15. The van der Waals surface area contributed by atoms with Gasteiger partial charge in [0.25, 0.3) is 0 Å². The summed E-state index contributed by atoms with van der Waals surface area (Å²) in [6, 6.07) is 5.63. The van der Waals surface area contributed by atoms with Gasteiger partial charge >= 0.3 is 0 Å². The first-order valence-electron chi connectivity index (χ1n) is 4.72. The van der Waals surface area contributed by atoms with Crippen LogP contribution >= 0.6 is 11.6 Å². The lowest BCUT2D eigenvalue weighted by Crippen LogP contribution is -2.08. The van der Waals surface area contributed by atoms with Gasteiger partial charge in [0.05, 0.1) is 11.1 Å². The van der Waals surface area contributed by atoms with Crippen molar-refractivity contribution in [3.05, 3.63) is 28.8 Å². The SMILES string of the molecule is CC(C)Oc1cc(C(C)N)ccc1Cl. The second kappa shape index (κ2) is 4.67. The highest BCUT2D eigenvalue weighted by atomic mass is 35.5. The van der Waals surface area contributed by atoms with Crippen molar-refractivity contribution in [2.45, 2.75) is 32.9 Å². The van der Waals surface area contributed by atoms with Crippen molar-refractivity contribution in [2.24, 2.45) is 5.73 Å². The van der Waals surface area contributed by atoms with Crippen molar-refractivity contribution in [3.63, 3.8) is 0 Å². The molecule has 0 aromatic heterocycles. The summed E-state index contributed by atoms with van der Waals surface area (Å²) < 4.78 is 5.55. The van der Waals surface area contributed by atoms with E-state index in [9.17, 15) is 0 Å². The van der Waals surface area contributed by atoms with Gasteiger partial charge in [-0.3, -0.25) is 0 Å². The summed E-state index contributed by atoms with van der Waals surface area (Å²) in [5.74, 6) is 0.705. The third-order valence-electron chi connectivity index (χ3n) is 1.84. The molecule has 0 heterocycles. The molecule has 1 unspecified atom stereocenters. The Morgan fingerprint density at radius 3 is 2.43 bits per heavy atom. The number of nitrogens with two attached hydrogens (primary N) is 1. The highest BCUT2D eigenvalue weighted by Gasteiger charge is 2.07. The fraction of sp³-hybridized carbons (Fsp3) is 0.455. The Morgan fingerprint density at radius 1 is 1.29 bits per heavy atom. The van der Waals surface area contributed by atoms with E-state index < -0.39 is 0 Å². The van der Waals surface area contributed by atoms with Crippen LogP contribution in [0, 0.1) is 0 Å². The third-order valence-corrected chi connectivity index (χ3v) is 2.16. The molecule has 0 fully saturated rings. The Morgan fingerprint density at radius 2 is 1.93 bits per heavy atom. The van der Waals surface area contributed by atoms with Crippen LogP contribution in [0.3, 0.4) is 0 Å². The molecule has 1 aromatic carbocycles. The average Bonchev–Trinajstić information content (AvgIpc) is 2.07. The molecule has 0 aliphatic carbocycles. The van der Waals surface area contributed by atoms with Crippen LogP contribution in [0.25, 0.3) is 0 Å². The van der Waals surface area contributed by atoms with E-state index in [4.69, 9.17) is 22.1 Å². The molecule has 0 saturated heterocycles. The zero-order valence-electron chi connectivity index (χ0n) is 8.75. The third kappa shape index (κ3) is 2.89. The van der Waals surface area contributed by atoms with E-state index in [2.05, 4.69) is 0 Å². The van der Waals surface area contributed by atoms with E-state index in [1.165, 1.54) is 0 Å². The van der Waals surface area contributed by atoms with Gasteiger partial charge in [-0.25, -0.2) is 0 Å². The highest BCUT2D eigenvalue weighted by Crippen LogP contribution is 2.28. The van der Waals surface area contributed by atoms with Crippen molar-refractivity contribution in [1.29, 1.82) is 0 Å². The number of hydrogen-bond acceptors (Lipinski definition) is 2. The van der Waals surface area contributed by atoms with Crippen molar-refractivity contribution in [2.75, 3.05) is 0 Å². The molecule has 14 heavy (non-hydrogen) atoms. The summed E-state index contributed by atoms with van der Waals surface area (Å²) in [6.45, 7) is 5.87. The monoisotopic (exact) mass is 213 g/mol. The van der Waals surface area contributed by atoms with E-state index in [1.807, 2.05) is 39.0 Å². The zero-order chi connectivity index (χ0) is 10.7. The largest absolute Gasteiger partial charge is 0.489 e. The normalized spacial score (nSPS) is 13.0. The second-order valence-electron chi connectivity index (χ2n) is 3.65. The number of ether oxygens (including phenoxy) is 1. The molecule has 3 heteroatoms. The molecular formula is C11H16ClNO. The quantitative estimate of drug-likeness (QED) is 0.837. The lowest BCUT2D eigenvalue weighted by atomic mass is 10.1. The van der Waals surface area contributed by atoms with Gasteiger partial charge in [-0.05, 0) is 38.5 Å². The topological polar surface area (TPSA) is 35.2 Å². The number of halogens is 1. The maximum Gasteiger partial charge on any atom is 0.138 e. The van der Waals surface area contributed by atoms with Gasteiger partial charge < -0.3 is 10.5 Å². The molecule has 0 radical (unpaired) electrons. The minimum atomic E-state index is 0.00165. The zero-order valence-corrected chi connectivity index (χ0v) is 9.51. The molecule has 2 N–H and O–H groups in total. The van der Waals surface area contributed by atoms with Crippen molar-refractivity contribution in [1.82, 2.24) is 0 Å².